The Balaban J connectivity index is 2.00. The molecule has 2 heterocycles. The number of hydrogen-bond donors (Lipinski definition) is 1. The number of tetrazole rings is 1. The maximum Gasteiger partial charge on any atom is 0.186 e. The Morgan fingerprint density at radius 1 is 1.45 bits per heavy atom. The lowest BCUT2D eigenvalue weighted by atomic mass is 10.1. The number of ether oxygens (including phenoxy) is 2. The molecule has 0 aliphatic carbocycles. The molecule has 2 aromatic rings. The van der Waals surface area contributed by atoms with Crippen molar-refractivity contribution in [2.45, 2.75) is 18.9 Å². The molecule has 0 amide bonds. The molecule has 0 radical (unpaired) electrons. The Kier molecular flexibility index (Phi) is 3.51. The van der Waals surface area contributed by atoms with Crippen LogP contribution >= 0.6 is 0 Å². The monoisotopic (exact) mass is 275 g/mol. The molecule has 7 nitrogen and oxygen atoms in total. The Morgan fingerprint density at radius 2 is 2.35 bits per heavy atom. The van der Waals surface area contributed by atoms with E-state index in [1.54, 1.807) is 13.2 Å². The van der Waals surface area contributed by atoms with Crippen molar-refractivity contribution in [3.05, 3.63) is 18.2 Å². The fraction of sp³-hybridized carbons (Fsp3) is 0.462. The van der Waals surface area contributed by atoms with Crippen LogP contribution in [0.15, 0.2) is 18.2 Å². The smallest absolute Gasteiger partial charge is 0.186 e. The standard InChI is InChI=1S/C13H17N5O2/c1-19-12-7-9(14)4-5-11(12)13-15-16-17-18(13)10-3-2-6-20-8-10/h4-5,7,10H,2-3,6,8,14H2,1H3. The van der Waals surface area contributed by atoms with E-state index in [-0.39, 0.29) is 6.04 Å². The quantitative estimate of drug-likeness (QED) is 0.849. The highest BCUT2D eigenvalue weighted by molar-refractivity contribution is 5.67. The van der Waals surface area contributed by atoms with Crippen LogP contribution in [0.25, 0.3) is 11.4 Å². The van der Waals surface area contributed by atoms with E-state index < -0.39 is 0 Å². The molecule has 1 saturated heterocycles. The molecular weight excluding hydrogens is 258 g/mol. The number of nitrogen functional groups attached to an aromatic ring is 1. The van der Waals surface area contributed by atoms with Crippen LogP contribution in [-0.2, 0) is 4.74 Å². The van der Waals surface area contributed by atoms with E-state index in [1.807, 2.05) is 16.8 Å². The van der Waals surface area contributed by atoms with Gasteiger partial charge in [0.15, 0.2) is 5.82 Å². The van der Waals surface area contributed by atoms with Gasteiger partial charge < -0.3 is 15.2 Å². The summed E-state index contributed by atoms with van der Waals surface area (Å²) in [6.45, 7) is 1.44. The minimum Gasteiger partial charge on any atom is -0.496 e. The first kappa shape index (κ1) is 12.9. The first-order chi connectivity index (χ1) is 9.79. The molecule has 20 heavy (non-hydrogen) atoms. The van der Waals surface area contributed by atoms with Crippen LogP contribution < -0.4 is 10.5 Å². The van der Waals surface area contributed by atoms with E-state index in [1.165, 1.54) is 0 Å². The fourth-order valence-electron chi connectivity index (χ4n) is 2.43. The summed E-state index contributed by atoms with van der Waals surface area (Å²) in [5.74, 6) is 1.34. The molecule has 0 spiro atoms. The second kappa shape index (κ2) is 5.46. The van der Waals surface area contributed by atoms with E-state index in [0.717, 1.165) is 25.0 Å². The lowest BCUT2D eigenvalue weighted by Crippen LogP contribution is -2.23. The van der Waals surface area contributed by atoms with Crippen LogP contribution in [0, 0.1) is 0 Å². The summed E-state index contributed by atoms with van der Waals surface area (Å²) in [5.41, 5.74) is 7.25. The van der Waals surface area contributed by atoms with Gasteiger partial charge in [0, 0.05) is 18.4 Å². The van der Waals surface area contributed by atoms with E-state index in [4.69, 9.17) is 15.2 Å². The molecule has 1 aliphatic heterocycles. The summed E-state index contributed by atoms with van der Waals surface area (Å²) < 4.78 is 12.7. The lowest BCUT2D eigenvalue weighted by molar-refractivity contribution is 0.0548. The number of rotatable bonds is 3. The maximum absolute atomic E-state index is 5.78. The molecule has 1 aromatic carbocycles. The molecule has 1 unspecified atom stereocenters. The average molecular weight is 275 g/mol. The van der Waals surface area contributed by atoms with Gasteiger partial charge in [-0.3, -0.25) is 0 Å². The normalized spacial score (nSPS) is 18.9. The second-order valence-electron chi connectivity index (χ2n) is 4.78. The molecule has 1 aromatic heterocycles. The van der Waals surface area contributed by atoms with Gasteiger partial charge in [0.2, 0.25) is 0 Å². The van der Waals surface area contributed by atoms with Crippen molar-refractivity contribution in [3.63, 3.8) is 0 Å². The van der Waals surface area contributed by atoms with E-state index in [9.17, 15) is 0 Å². The van der Waals surface area contributed by atoms with Crippen molar-refractivity contribution in [2.24, 2.45) is 0 Å². The summed E-state index contributed by atoms with van der Waals surface area (Å²) >= 11 is 0. The van der Waals surface area contributed by atoms with E-state index in [2.05, 4.69) is 15.5 Å². The number of nitrogens with two attached hydrogens (primary N) is 1. The van der Waals surface area contributed by atoms with Crippen LogP contribution in [0.2, 0.25) is 0 Å². The van der Waals surface area contributed by atoms with Crippen molar-refractivity contribution in [3.8, 4) is 17.1 Å². The molecule has 0 bridgehead atoms. The van der Waals surface area contributed by atoms with Crippen LogP contribution in [0.3, 0.4) is 0 Å². The number of aromatic nitrogens is 4. The molecule has 106 valence electrons. The molecule has 3 rings (SSSR count). The zero-order valence-corrected chi connectivity index (χ0v) is 11.3. The van der Waals surface area contributed by atoms with Crippen LogP contribution in [0.5, 0.6) is 5.75 Å². The second-order valence-corrected chi connectivity index (χ2v) is 4.78. The zero-order valence-electron chi connectivity index (χ0n) is 11.3. The summed E-state index contributed by atoms with van der Waals surface area (Å²) in [7, 11) is 1.61. The molecule has 1 atom stereocenters. The summed E-state index contributed by atoms with van der Waals surface area (Å²) in [4.78, 5) is 0. The van der Waals surface area contributed by atoms with Crippen molar-refractivity contribution < 1.29 is 9.47 Å². The lowest BCUT2D eigenvalue weighted by Gasteiger charge is -2.23. The van der Waals surface area contributed by atoms with Gasteiger partial charge in [0.05, 0.1) is 25.3 Å². The third kappa shape index (κ3) is 2.32. The topological polar surface area (TPSA) is 88.1 Å². The molecule has 2 N–H and O–H groups in total. The molecule has 1 fully saturated rings. The van der Waals surface area contributed by atoms with Gasteiger partial charge in [-0.1, -0.05) is 0 Å². The minimum absolute atomic E-state index is 0.163. The maximum atomic E-state index is 5.78. The van der Waals surface area contributed by atoms with Crippen molar-refractivity contribution in [1.82, 2.24) is 20.2 Å². The van der Waals surface area contributed by atoms with Crippen LogP contribution in [0.4, 0.5) is 5.69 Å². The average Bonchev–Trinajstić information content (AvgIpc) is 2.97. The summed E-state index contributed by atoms with van der Waals surface area (Å²) in [5, 5.41) is 12.0. The number of anilines is 1. The predicted octanol–water partition coefficient (Wildman–Crippen LogP) is 1.28. The van der Waals surface area contributed by atoms with Gasteiger partial charge >= 0.3 is 0 Å². The molecule has 0 saturated carbocycles. The van der Waals surface area contributed by atoms with Crippen molar-refractivity contribution >= 4 is 5.69 Å². The van der Waals surface area contributed by atoms with Crippen molar-refractivity contribution in [2.75, 3.05) is 26.1 Å². The molecule has 7 heteroatoms. The number of nitrogens with zero attached hydrogens (tertiary/aromatic N) is 4. The third-order valence-electron chi connectivity index (χ3n) is 3.44. The first-order valence-electron chi connectivity index (χ1n) is 6.59. The minimum atomic E-state index is 0.163. The Morgan fingerprint density at radius 3 is 3.10 bits per heavy atom. The van der Waals surface area contributed by atoms with Crippen LogP contribution in [0.1, 0.15) is 18.9 Å². The van der Waals surface area contributed by atoms with E-state index >= 15 is 0 Å². The Bertz CT molecular complexity index is 592. The number of methoxy groups -OCH3 is 1. The molecular formula is C13H17N5O2. The van der Waals surface area contributed by atoms with Gasteiger partial charge in [-0.15, -0.1) is 5.10 Å². The van der Waals surface area contributed by atoms with Gasteiger partial charge in [-0.2, -0.15) is 0 Å². The van der Waals surface area contributed by atoms with Gasteiger partial charge in [-0.25, -0.2) is 4.68 Å². The third-order valence-corrected chi connectivity index (χ3v) is 3.44. The number of hydrogen-bond acceptors (Lipinski definition) is 6. The van der Waals surface area contributed by atoms with Gasteiger partial charge in [0.25, 0.3) is 0 Å². The Hall–Kier alpha value is -2.15. The van der Waals surface area contributed by atoms with Gasteiger partial charge in [0.1, 0.15) is 5.75 Å². The Labute approximate surface area is 116 Å². The van der Waals surface area contributed by atoms with Gasteiger partial charge in [-0.05, 0) is 35.4 Å². The molecule has 1 aliphatic rings. The summed E-state index contributed by atoms with van der Waals surface area (Å²) in [6, 6.07) is 5.62. The van der Waals surface area contributed by atoms with Crippen molar-refractivity contribution in [1.29, 1.82) is 0 Å². The van der Waals surface area contributed by atoms with Crippen LogP contribution in [-0.4, -0.2) is 40.5 Å². The largest absolute Gasteiger partial charge is 0.496 e. The highest BCUT2D eigenvalue weighted by Gasteiger charge is 2.23. The SMILES string of the molecule is COc1cc(N)ccc1-c1nnnn1C1CCCOC1. The van der Waals surface area contributed by atoms with E-state index in [0.29, 0.717) is 23.9 Å². The highest BCUT2D eigenvalue weighted by Crippen LogP contribution is 2.32. The first-order valence-corrected chi connectivity index (χ1v) is 6.59. The highest BCUT2D eigenvalue weighted by atomic mass is 16.5. The number of benzene rings is 1. The predicted molar refractivity (Wildman–Crippen MR) is 73.3 cm³/mol. The fourth-order valence-corrected chi connectivity index (χ4v) is 2.43. The summed E-state index contributed by atoms with van der Waals surface area (Å²) in [6.07, 6.45) is 2.03. The zero-order chi connectivity index (χ0) is 13.9.